The van der Waals surface area contributed by atoms with E-state index in [9.17, 15) is 0 Å². The molecule has 1 rings (SSSR count). The Balaban J connectivity index is 2.62. The van der Waals surface area contributed by atoms with Gasteiger partial charge in [0, 0.05) is 17.8 Å². The van der Waals surface area contributed by atoms with Crippen LogP contribution in [0.1, 0.15) is 63.9 Å². The van der Waals surface area contributed by atoms with Crippen molar-refractivity contribution in [1.29, 1.82) is 0 Å². The van der Waals surface area contributed by atoms with E-state index in [-0.39, 0.29) is 0 Å². The van der Waals surface area contributed by atoms with Gasteiger partial charge in [0.25, 0.3) is 0 Å². The molecular formula is C13H24N2. The molecule has 86 valence electrons. The van der Waals surface area contributed by atoms with Crippen molar-refractivity contribution in [1.82, 2.24) is 9.97 Å². The van der Waals surface area contributed by atoms with E-state index in [0.29, 0.717) is 5.92 Å². The minimum absolute atomic E-state index is 0.672. The molecule has 1 aromatic heterocycles. The number of aromatic nitrogens is 2. The van der Waals surface area contributed by atoms with Gasteiger partial charge >= 0.3 is 0 Å². The van der Waals surface area contributed by atoms with Gasteiger partial charge in [-0.3, -0.25) is 0 Å². The maximum absolute atomic E-state index is 4.30. The Kier molecular flexibility index (Phi) is 4.86. The van der Waals surface area contributed by atoms with Crippen LogP contribution in [0.15, 0.2) is 6.20 Å². The molecule has 0 radical (unpaired) electrons. The summed E-state index contributed by atoms with van der Waals surface area (Å²) in [6.45, 7) is 8.87. The summed E-state index contributed by atoms with van der Waals surface area (Å²) in [6, 6.07) is 0. The van der Waals surface area contributed by atoms with E-state index in [1.165, 1.54) is 31.4 Å². The molecule has 0 bridgehead atoms. The van der Waals surface area contributed by atoms with Crippen LogP contribution < -0.4 is 0 Å². The lowest BCUT2D eigenvalue weighted by atomic mass is 9.90. The third kappa shape index (κ3) is 4.06. The van der Waals surface area contributed by atoms with E-state index in [1.807, 2.05) is 13.1 Å². The van der Waals surface area contributed by atoms with Crippen LogP contribution in [0.5, 0.6) is 0 Å². The number of unbranched alkanes of at least 4 members (excludes halogenated alkanes) is 1. The molecule has 0 aromatic carbocycles. The fraction of sp³-hybridized carbons (Fsp3) is 0.769. The molecular weight excluding hydrogens is 184 g/mol. The second-order valence-corrected chi connectivity index (χ2v) is 4.89. The van der Waals surface area contributed by atoms with Crippen molar-refractivity contribution < 1.29 is 0 Å². The molecule has 1 atom stereocenters. The van der Waals surface area contributed by atoms with E-state index in [0.717, 1.165) is 11.7 Å². The lowest BCUT2D eigenvalue weighted by molar-refractivity contribution is 0.457. The molecule has 0 aliphatic rings. The number of nitrogens with one attached hydrogen (secondary N) is 1. The summed E-state index contributed by atoms with van der Waals surface area (Å²) in [5, 5.41) is 0. The smallest absolute Gasteiger partial charge is 0.103 e. The first kappa shape index (κ1) is 12.3. The second kappa shape index (κ2) is 5.94. The first-order chi connectivity index (χ1) is 7.13. The van der Waals surface area contributed by atoms with Gasteiger partial charge in [-0.25, -0.2) is 4.98 Å². The van der Waals surface area contributed by atoms with Gasteiger partial charge in [-0.1, -0.05) is 33.6 Å². The van der Waals surface area contributed by atoms with Crippen LogP contribution in [0.4, 0.5) is 0 Å². The van der Waals surface area contributed by atoms with Gasteiger partial charge in [-0.15, -0.1) is 0 Å². The Hall–Kier alpha value is -0.790. The minimum Gasteiger partial charge on any atom is -0.346 e. The molecule has 0 amide bonds. The zero-order chi connectivity index (χ0) is 11.3. The van der Waals surface area contributed by atoms with Crippen molar-refractivity contribution in [3.05, 3.63) is 17.7 Å². The Morgan fingerprint density at radius 3 is 2.60 bits per heavy atom. The molecule has 1 unspecified atom stereocenters. The van der Waals surface area contributed by atoms with Crippen LogP contribution >= 0.6 is 0 Å². The second-order valence-electron chi connectivity index (χ2n) is 4.89. The average Bonchev–Trinajstić information content (AvgIpc) is 2.58. The van der Waals surface area contributed by atoms with Crippen LogP contribution in [0.3, 0.4) is 0 Å². The van der Waals surface area contributed by atoms with Crippen LogP contribution in [-0.4, -0.2) is 9.97 Å². The number of aryl methyl sites for hydroxylation is 1. The monoisotopic (exact) mass is 208 g/mol. The van der Waals surface area contributed by atoms with E-state index >= 15 is 0 Å². The summed E-state index contributed by atoms with van der Waals surface area (Å²) in [6.07, 6.45) is 7.16. The summed E-state index contributed by atoms with van der Waals surface area (Å²) < 4.78 is 0. The summed E-state index contributed by atoms with van der Waals surface area (Å²) in [5.41, 5.74) is 1.33. The number of hydrogen-bond donors (Lipinski definition) is 1. The molecule has 0 fully saturated rings. The Morgan fingerprint density at radius 1 is 1.40 bits per heavy atom. The van der Waals surface area contributed by atoms with Crippen molar-refractivity contribution in [2.24, 2.45) is 5.92 Å². The molecule has 0 spiro atoms. The first-order valence-corrected chi connectivity index (χ1v) is 6.15. The van der Waals surface area contributed by atoms with E-state index in [1.54, 1.807) is 0 Å². The van der Waals surface area contributed by atoms with Gasteiger partial charge in [0.15, 0.2) is 0 Å². The Labute approximate surface area is 93.5 Å². The normalized spacial score (nSPS) is 13.4. The van der Waals surface area contributed by atoms with Crippen LogP contribution in [0.2, 0.25) is 0 Å². The van der Waals surface area contributed by atoms with Gasteiger partial charge in [0.1, 0.15) is 5.82 Å². The zero-order valence-corrected chi connectivity index (χ0v) is 10.5. The molecule has 0 aliphatic heterocycles. The maximum atomic E-state index is 4.30. The van der Waals surface area contributed by atoms with Gasteiger partial charge < -0.3 is 4.98 Å². The molecule has 1 heterocycles. The van der Waals surface area contributed by atoms with Crippen LogP contribution in [-0.2, 0) is 0 Å². The van der Waals surface area contributed by atoms with E-state index < -0.39 is 0 Å². The highest BCUT2D eigenvalue weighted by molar-refractivity contribution is 5.07. The summed E-state index contributed by atoms with van der Waals surface area (Å²) in [7, 11) is 0. The highest BCUT2D eigenvalue weighted by Crippen LogP contribution is 2.27. The van der Waals surface area contributed by atoms with Gasteiger partial charge in [-0.2, -0.15) is 0 Å². The number of H-pyrrole nitrogens is 1. The molecule has 0 aliphatic carbocycles. The number of imidazole rings is 1. The minimum atomic E-state index is 0.672. The average molecular weight is 208 g/mol. The first-order valence-electron chi connectivity index (χ1n) is 6.15. The predicted octanol–water partition coefficient (Wildman–Crippen LogP) is 4.04. The number of rotatable bonds is 6. The van der Waals surface area contributed by atoms with E-state index in [4.69, 9.17) is 0 Å². The molecule has 2 heteroatoms. The van der Waals surface area contributed by atoms with Gasteiger partial charge in [0.2, 0.25) is 0 Å². The summed E-state index contributed by atoms with van der Waals surface area (Å²) in [5.74, 6) is 2.47. The van der Waals surface area contributed by atoms with Crippen molar-refractivity contribution in [2.45, 2.75) is 59.3 Å². The topological polar surface area (TPSA) is 28.7 Å². The quantitative estimate of drug-likeness (QED) is 0.751. The Bertz CT molecular complexity index is 276. The van der Waals surface area contributed by atoms with Crippen molar-refractivity contribution >= 4 is 0 Å². The highest BCUT2D eigenvalue weighted by atomic mass is 14.9. The summed E-state index contributed by atoms with van der Waals surface area (Å²) >= 11 is 0. The van der Waals surface area contributed by atoms with Crippen molar-refractivity contribution in [2.75, 3.05) is 0 Å². The van der Waals surface area contributed by atoms with Gasteiger partial charge in [0.05, 0.1) is 0 Å². The zero-order valence-electron chi connectivity index (χ0n) is 10.5. The largest absolute Gasteiger partial charge is 0.346 e. The number of aromatic amines is 1. The standard InChI is InChI=1S/C13H24N2/c1-5-6-7-12(8-10(2)3)13-9-14-11(4)15-13/h9-10,12H,5-8H2,1-4H3,(H,14,15). The predicted molar refractivity (Wildman–Crippen MR) is 65.0 cm³/mol. The lowest BCUT2D eigenvalue weighted by Gasteiger charge is -2.17. The molecule has 1 aromatic rings. The fourth-order valence-electron chi connectivity index (χ4n) is 2.07. The maximum Gasteiger partial charge on any atom is 0.103 e. The Morgan fingerprint density at radius 2 is 2.13 bits per heavy atom. The molecule has 15 heavy (non-hydrogen) atoms. The van der Waals surface area contributed by atoms with Gasteiger partial charge in [-0.05, 0) is 25.7 Å². The molecule has 2 nitrogen and oxygen atoms in total. The van der Waals surface area contributed by atoms with Crippen LogP contribution in [0.25, 0.3) is 0 Å². The SMILES string of the molecule is CCCCC(CC(C)C)c1cnc(C)[nH]1. The van der Waals surface area contributed by atoms with Crippen molar-refractivity contribution in [3.63, 3.8) is 0 Å². The van der Waals surface area contributed by atoms with E-state index in [2.05, 4.69) is 30.7 Å². The molecule has 1 N–H and O–H groups in total. The van der Waals surface area contributed by atoms with Crippen LogP contribution in [0, 0.1) is 12.8 Å². The fourth-order valence-corrected chi connectivity index (χ4v) is 2.07. The lowest BCUT2D eigenvalue weighted by Crippen LogP contribution is -2.04. The summed E-state index contributed by atoms with van der Waals surface area (Å²) in [4.78, 5) is 7.68. The molecule has 0 saturated carbocycles. The number of hydrogen-bond acceptors (Lipinski definition) is 1. The van der Waals surface area contributed by atoms with Crippen molar-refractivity contribution in [3.8, 4) is 0 Å². The third-order valence-electron chi connectivity index (χ3n) is 2.82. The number of nitrogens with zero attached hydrogens (tertiary/aromatic N) is 1. The highest BCUT2D eigenvalue weighted by Gasteiger charge is 2.14. The molecule has 0 saturated heterocycles. The third-order valence-corrected chi connectivity index (χ3v) is 2.82.